The predicted molar refractivity (Wildman–Crippen MR) is 70.4 cm³/mol. The summed E-state index contributed by atoms with van der Waals surface area (Å²) < 4.78 is 29.3. The second kappa shape index (κ2) is 5.60. The Balaban J connectivity index is 2.08. The first-order chi connectivity index (χ1) is 8.58. The topological polar surface area (TPSA) is 56.3 Å². The molecule has 18 heavy (non-hydrogen) atoms. The van der Waals surface area contributed by atoms with Crippen molar-refractivity contribution in [1.29, 1.82) is 0 Å². The lowest BCUT2D eigenvalue weighted by atomic mass is 10.3. The van der Waals surface area contributed by atoms with Gasteiger partial charge < -0.3 is 0 Å². The maximum atomic E-state index is 11.8. The molecule has 0 bridgehead atoms. The number of halogens is 1. The van der Waals surface area contributed by atoms with Crippen molar-refractivity contribution in [2.75, 3.05) is 0 Å². The van der Waals surface area contributed by atoms with Gasteiger partial charge in [-0.1, -0.05) is 24.3 Å². The molecule has 0 amide bonds. The fraction of sp³-hybridized carbons (Fsp3) is 0.0833. The van der Waals surface area contributed by atoms with Crippen molar-refractivity contribution in [3.8, 4) is 0 Å². The third-order valence-corrected chi connectivity index (χ3v) is 3.95. The molecule has 6 heteroatoms. The van der Waals surface area contributed by atoms with Crippen LogP contribution in [-0.2, 0) is 20.9 Å². The standard InChI is InChI=1S/C12H10BrNO3S/c13-12-7-6-10(8-14-12)9-17-18(15,16)11-4-2-1-3-5-11/h1-8H,9H2. The lowest BCUT2D eigenvalue weighted by molar-refractivity contribution is 0.307. The van der Waals surface area contributed by atoms with E-state index >= 15 is 0 Å². The maximum Gasteiger partial charge on any atom is 0.297 e. The molecule has 2 aromatic rings. The van der Waals surface area contributed by atoms with E-state index in [0.717, 1.165) is 0 Å². The SMILES string of the molecule is O=S(=O)(OCc1ccc(Br)nc1)c1ccccc1. The van der Waals surface area contributed by atoms with Crippen LogP contribution in [0.1, 0.15) is 5.56 Å². The van der Waals surface area contributed by atoms with E-state index in [2.05, 4.69) is 20.9 Å². The molecular weight excluding hydrogens is 318 g/mol. The summed E-state index contributed by atoms with van der Waals surface area (Å²) in [7, 11) is -3.71. The van der Waals surface area contributed by atoms with E-state index in [4.69, 9.17) is 4.18 Å². The van der Waals surface area contributed by atoms with Gasteiger partial charge in [0.1, 0.15) is 4.60 Å². The highest BCUT2D eigenvalue weighted by Crippen LogP contribution is 2.14. The number of aromatic nitrogens is 1. The van der Waals surface area contributed by atoms with Crippen LogP contribution in [0.15, 0.2) is 58.2 Å². The number of benzene rings is 1. The number of hydrogen-bond acceptors (Lipinski definition) is 4. The summed E-state index contributed by atoms with van der Waals surface area (Å²) in [6, 6.07) is 11.5. The Morgan fingerprint density at radius 3 is 2.44 bits per heavy atom. The molecule has 94 valence electrons. The van der Waals surface area contributed by atoms with Crippen LogP contribution in [-0.4, -0.2) is 13.4 Å². The molecule has 0 aliphatic rings. The molecule has 0 spiro atoms. The molecule has 0 radical (unpaired) electrons. The minimum absolute atomic E-state index is 0.0303. The summed E-state index contributed by atoms with van der Waals surface area (Å²) in [6.07, 6.45) is 1.56. The zero-order chi connectivity index (χ0) is 13.0. The fourth-order valence-corrected chi connectivity index (χ4v) is 2.44. The van der Waals surface area contributed by atoms with Gasteiger partial charge in [-0.05, 0) is 39.7 Å². The first-order valence-corrected chi connectivity index (χ1v) is 7.33. The first kappa shape index (κ1) is 13.2. The Bertz CT molecular complexity index is 612. The molecule has 2 rings (SSSR count). The van der Waals surface area contributed by atoms with Gasteiger partial charge in [0.05, 0.1) is 11.5 Å². The monoisotopic (exact) mass is 327 g/mol. The molecule has 0 saturated heterocycles. The third-order valence-electron chi connectivity index (χ3n) is 2.20. The van der Waals surface area contributed by atoms with Gasteiger partial charge in [0.25, 0.3) is 10.1 Å². The fourth-order valence-electron chi connectivity index (χ4n) is 1.29. The van der Waals surface area contributed by atoms with Gasteiger partial charge in [-0.25, -0.2) is 4.98 Å². The largest absolute Gasteiger partial charge is 0.297 e. The van der Waals surface area contributed by atoms with E-state index < -0.39 is 10.1 Å². The van der Waals surface area contributed by atoms with Gasteiger partial charge >= 0.3 is 0 Å². The maximum absolute atomic E-state index is 11.8. The normalized spacial score (nSPS) is 11.4. The van der Waals surface area contributed by atoms with Crippen molar-refractivity contribution in [2.45, 2.75) is 11.5 Å². The van der Waals surface area contributed by atoms with Crippen LogP contribution in [0.25, 0.3) is 0 Å². The summed E-state index contributed by atoms with van der Waals surface area (Å²) in [5.41, 5.74) is 0.692. The van der Waals surface area contributed by atoms with Gasteiger partial charge in [-0.3, -0.25) is 4.18 Å². The highest BCUT2D eigenvalue weighted by Gasteiger charge is 2.14. The number of pyridine rings is 1. The van der Waals surface area contributed by atoms with Crippen molar-refractivity contribution in [2.24, 2.45) is 0 Å². The number of nitrogens with zero attached hydrogens (tertiary/aromatic N) is 1. The summed E-state index contributed by atoms with van der Waals surface area (Å²) >= 11 is 3.20. The molecule has 0 fully saturated rings. The van der Waals surface area contributed by atoms with E-state index in [0.29, 0.717) is 10.2 Å². The van der Waals surface area contributed by atoms with E-state index in [-0.39, 0.29) is 11.5 Å². The van der Waals surface area contributed by atoms with Crippen molar-refractivity contribution < 1.29 is 12.6 Å². The lowest BCUT2D eigenvalue weighted by Crippen LogP contribution is -2.06. The zero-order valence-electron chi connectivity index (χ0n) is 9.28. The molecule has 0 unspecified atom stereocenters. The van der Waals surface area contributed by atoms with Gasteiger partial charge in [0.15, 0.2) is 0 Å². The van der Waals surface area contributed by atoms with E-state index in [9.17, 15) is 8.42 Å². The smallest absolute Gasteiger partial charge is 0.261 e. The molecule has 4 nitrogen and oxygen atoms in total. The molecule has 1 heterocycles. The van der Waals surface area contributed by atoms with Crippen LogP contribution in [0.5, 0.6) is 0 Å². The van der Waals surface area contributed by atoms with Gasteiger partial charge in [-0.15, -0.1) is 0 Å². The summed E-state index contributed by atoms with van der Waals surface area (Å²) in [5.74, 6) is 0. The highest BCUT2D eigenvalue weighted by molar-refractivity contribution is 9.10. The molecule has 0 saturated carbocycles. The average Bonchev–Trinajstić information content (AvgIpc) is 2.39. The van der Waals surface area contributed by atoms with Gasteiger partial charge in [-0.2, -0.15) is 8.42 Å². The summed E-state index contributed by atoms with van der Waals surface area (Å²) in [5, 5.41) is 0. The molecule has 0 aliphatic carbocycles. The van der Waals surface area contributed by atoms with E-state index in [1.54, 1.807) is 36.5 Å². The second-order valence-electron chi connectivity index (χ2n) is 3.52. The number of rotatable bonds is 4. The van der Waals surface area contributed by atoms with Crippen LogP contribution in [0.2, 0.25) is 0 Å². The molecule has 1 aromatic heterocycles. The van der Waals surface area contributed by atoms with Crippen molar-refractivity contribution in [3.63, 3.8) is 0 Å². The average molecular weight is 328 g/mol. The van der Waals surface area contributed by atoms with Crippen LogP contribution in [0.3, 0.4) is 0 Å². The van der Waals surface area contributed by atoms with Gasteiger partial charge in [0.2, 0.25) is 0 Å². The van der Waals surface area contributed by atoms with E-state index in [1.165, 1.54) is 12.1 Å². The predicted octanol–water partition coefficient (Wildman–Crippen LogP) is 2.75. The minimum Gasteiger partial charge on any atom is -0.261 e. The van der Waals surface area contributed by atoms with Crippen LogP contribution in [0.4, 0.5) is 0 Å². The Morgan fingerprint density at radius 2 is 1.83 bits per heavy atom. The molecule has 1 aromatic carbocycles. The highest BCUT2D eigenvalue weighted by atomic mass is 79.9. The Morgan fingerprint density at radius 1 is 1.11 bits per heavy atom. The first-order valence-electron chi connectivity index (χ1n) is 5.13. The Labute approximate surface area is 114 Å². The quantitative estimate of drug-likeness (QED) is 0.640. The van der Waals surface area contributed by atoms with Crippen LogP contribution >= 0.6 is 15.9 Å². The van der Waals surface area contributed by atoms with Crippen molar-refractivity contribution >= 4 is 26.0 Å². The number of hydrogen-bond donors (Lipinski definition) is 0. The summed E-state index contributed by atoms with van der Waals surface area (Å²) in [4.78, 5) is 4.14. The van der Waals surface area contributed by atoms with Crippen molar-refractivity contribution in [1.82, 2.24) is 4.98 Å². The van der Waals surface area contributed by atoms with Crippen LogP contribution in [0, 0.1) is 0 Å². The molecule has 0 aliphatic heterocycles. The Kier molecular flexibility index (Phi) is 4.11. The van der Waals surface area contributed by atoms with E-state index in [1.807, 2.05) is 0 Å². The second-order valence-corrected chi connectivity index (χ2v) is 5.95. The lowest BCUT2D eigenvalue weighted by Gasteiger charge is -2.05. The molecule has 0 atom stereocenters. The summed E-state index contributed by atoms with van der Waals surface area (Å²) in [6.45, 7) is -0.0303. The zero-order valence-corrected chi connectivity index (χ0v) is 11.7. The van der Waals surface area contributed by atoms with Gasteiger partial charge in [0, 0.05) is 6.20 Å². The minimum atomic E-state index is -3.71. The van der Waals surface area contributed by atoms with Crippen molar-refractivity contribution in [3.05, 3.63) is 58.8 Å². The third kappa shape index (κ3) is 3.38. The molecular formula is C12H10BrNO3S. The molecule has 0 N–H and O–H groups in total. The van der Waals surface area contributed by atoms with Crippen LogP contribution < -0.4 is 0 Å². The Hall–Kier alpha value is -1.24.